The van der Waals surface area contributed by atoms with Crippen LogP contribution in [0.3, 0.4) is 0 Å². The fraction of sp³-hybridized carbons (Fsp3) is 0.529. The number of aryl methyl sites for hydroxylation is 2. The molecule has 0 bridgehead atoms. The van der Waals surface area contributed by atoms with Crippen LogP contribution in [0.4, 0.5) is 0 Å². The minimum absolute atomic E-state index is 0.772. The van der Waals surface area contributed by atoms with E-state index in [0.717, 1.165) is 39.0 Å². The standard InChI is InChI=1S/C17H25N3/c1-3-7-20-12-13(5-4-6-18)16-8-14-10-19(2)11-15(14)9-17(16)20/h8-9,12H,3-7,10-11,18H2,1-2H3. The van der Waals surface area contributed by atoms with Crippen LogP contribution in [0.5, 0.6) is 0 Å². The molecule has 1 aliphatic heterocycles. The van der Waals surface area contributed by atoms with Crippen molar-refractivity contribution >= 4 is 10.9 Å². The molecular formula is C17H25N3. The van der Waals surface area contributed by atoms with Crippen molar-refractivity contribution in [3.63, 3.8) is 0 Å². The highest BCUT2D eigenvalue weighted by molar-refractivity contribution is 5.86. The predicted molar refractivity (Wildman–Crippen MR) is 84.8 cm³/mol. The Bertz CT molecular complexity index is 612. The number of benzene rings is 1. The molecule has 1 aliphatic rings. The summed E-state index contributed by atoms with van der Waals surface area (Å²) >= 11 is 0. The van der Waals surface area contributed by atoms with Gasteiger partial charge < -0.3 is 10.3 Å². The average Bonchev–Trinajstić information content (AvgIpc) is 2.94. The predicted octanol–water partition coefficient (Wildman–Crippen LogP) is 2.89. The molecule has 108 valence electrons. The highest BCUT2D eigenvalue weighted by Gasteiger charge is 2.18. The number of hydrogen-bond acceptors (Lipinski definition) is 2. The smallest absolute Gasteiger partial charge is 0.0486 e. The molecule has 0 atom stereocenters. The maximum atomic E-state index is 5.68. The Morgan fingerprint density at radius 1 is 1.20 bits per heavy atom. The van der Waals surface area contributed by atoms with E-state index in [-0.39, 0.29) is 0 Å². The molecule has 3 nitrogen and oxygen atoms in total. The summed E-state index contributed by atoms with van der Waals surface area (Å²) < 4.78 is 2.43. The molecule has 2 N–H and O–H groups in total. The van der Waals surface area contributed by atoms with Gasteiger partial charge in [-0.1, -0.05) is 6.92 Å². The minimum Gasteiger partial charge on any atom is -0.347 e. The zero-order valence-corrected chi connectivity index (χ0v) is 12.7. The Labute approximate surface area is 121 Å². The maximum absolute atomic E-state index is 5.68. The van der Waals surface area contributed by atoms with E-state index in [4.69, 9.17) is 5.73 Å². The summed E-state index contributed by atoms with van der Waals surface area (Å²) in [6.45, 7) is 6.29. The Morgan fingerprint density at radius 2 is 1.95 bits per heavy atom. The van der Waals surface area contributed by atoms with E-state index in [1.165, 1.54) is 34.0 Å². The summed E-state index contributed by atoms with van der Waals surface area (Å²) in [4.78, 5) is 2.38. The molecule has 2 aromatic rings. The first-order valence-corrected chi connectivity index (χ1v) is 7.75. The molecule has 0 saturated carbocycles. The van der Waals surface area contributed by atoms with Crippen molar-refractivity contribution in [1.29, 1.82) is 0 Å². The average molecular weight is 271 g/mol. The third-order valence-electron chi connectivity index (χ3n) is 4.28. The largest absolute Gasteiger partial charge is 0.347 e. The van der Waals surface area contributed by atoms with Crippen LogP contribution in [-0.4, -0.2) is 23.1 Å². The van der Waals surface area contributed by atoms with Crippen molar-refractivity contribution in [1.82, 2.24) is 9.47 Å². The van der Waals surface area contributed by atoms with E-state index in [1.807, 2.05) is 0 Å². The zero-order chi connectivity index (χ0) is 14.1. The van der Waals surface area contributed by atoms with Gasteiger partial charge in [0.25, 0.3) is 0 Å². The van der Waals surface area contributed by atoms with Crippen LogP contribution in [0.15, 0.2) is 18.3 Å². The fourth-order valence-electron chi connectivity index (χ4n) is 3.35. The maximum Gasteiger partial charge on any atom is 0.0486 e. The minimum atomic E-state index is 0.772. The van der Waals surface area contributed by atoms with E-state index in [9.17, 15) is 0 Å². The summed E-state index contributed by atoms with van der Waals surface area (Å²) in [5.41, 5.74) is 11.6. The normalized spacial score (nSPS) is 15.2. The molecule has 1 aromatic heterocycles. The van der Waals surface area contributed by atoms with Gasteiger partial charge in [0, 0.05) is 36.7 Å². The number of nitrogens with zero attached hydrogens (tertiary/aromatic N) is 2. The molecule has 0 spiro atoms. The second kappa shape index (κ2) is 5.58. The molecule has 3 rings (SSSR count). The molecule has 2 heterocycles. The van der Waals surface area contributed by atoms with Crippen LogP contribution in [0.1, 0.15) is 36.5 Å². The molecule has 20 heavy (non-hydrogen) atoms. The van der Waals surface area contributed by atoms with Crippen molar-refractivity contribution in [2.24, 2.45) is 5.73 Å². The first-order valence-electron chi connectivity index (χ1n) is 7.75. The summed E-state index contributed by atoms with van der Waals surface area (Å²) in [6, 6.07) is 4.84. The monoisotopic (exact) mass is 271 g/mol. The third-order valence-corrected chi connectivity index (χ3v) is 4.28. The van der Waals surface area contributed by atoms with Gasteiger partial charge in [0.2, 0.25) is 0 Å². The van der Waals surface area contributed by atoms with E-state index in [0.29, 0.717) is 0 Å². The van der Waals surface area contributed by atoms with Gasteiger partial charge >= 0.3 is 0 Å². The molecule has 0 unspecified atom stereocenters. The Kier molecular flexibility index (Phi) is 3.81. The molecule has 0 radical (unpaired) electrons. The highest BCUT2D eigenvalue weighted by Crippen LogP contribution is 2.30. The topological polar surface area (TPSA) is 34.2 Å². The van der Waals surface area contributed by atoms with Crippen molar-refractivity contribution in [3.8, 4) is 0 Å². The lowest BCUT2D eigenvalue weighted by Gasteiger charge is -2.05. The molecule has 0 amide bonds. The number of nitrogens with two attached hydrogens (primary N) is 1. The number of fused-ring (bicyclic) bond motifs is 2. The summed E-state index contributed by atoms with van der Waals surface area (Å²) in [6.07, 6.45) is 5.69. The first-order chi connectivity index (χ1) is 9.72. The quantitative estimate of drug-likeness (QED) is 0.907. The number of aromatic nitrogens is 1. The van der Waals surface area contributed by atoms with Gasteiger partial charge in [-0.05, 0) is 61.7 Å². The lowest BCUT2D eigenvalue weighted by atomic mass is 10.0. The van der Waals surface area contributed by atoms with Crippen LogP contribution in [0.25, 0.3) is 10.9 Å². The third kappa shape index (κ3) is 2.36. The zero-order valence-electron chi connectivity index (χ0n) is 12.7. The van der Waals surface area contributed by atoms with Crippen molar-refractivity contribution < 1.29 is 0 Å². The lowest BCUT2D eigenvalue weighted by Crippen LogP contribution is -2.07. The second-order valence-electron chi connectivity index (χ2n) is 6.05. The molecule has 0 saturated heterocycles. The van der Waals surface area contributed by atoms with Crippen LogP contribution < -0.4 is 5.73 Å². The highest BCUT2D eigenvalue weighted by atomic mass is 15.1. The summed E-state index contributed by atoms with van der Waals surface area (Å²) in [5, 5.41) is 1.45. The molecule has 0 aliphatic carbocycles. The fourth-order valence-corrected chi connectivity index (χ4v) is 3.35. The van der Waals surface area contributed by atoms with Gasteiger partial charge in [0.1, 0.15) is 0 Å². The van der Waals surface area contributed by atoms with Crippen LogP contribution in [-0.2, 0) is 26.1 Å². The van der Waals surface area contributed by atoms with Gasteiger partial charge in [-0.3, -0.25) is 4.90 Å². The molecule has 3 heteroatoms. The molecular weight excluding hydrogens is 246 g/mol. The van der Waals surface area contributed by atoms with Crippen LogP contribution in [0, 0.1) is 0 Å². The van der Waals surface area contributed by atoms with E-state index >= 15 is 0 Å². The molecule has 1 aromatic carbocycles. The van der Waals surface area contributed by atoms with Gasteiger partial charge in [-0.25, -0.2) is 0 Å². The lowest BCUT2D eigenvalue weighted by molar-refractivity contribution is 0.353. The van der Waals surface area contributed by atoms with Gasteiger partial charge in [0.15, 0.2) is 0 Å². The van der Waals surface area contributed by atoms with Gasteiger partial charge in [-0.2, -0.15) is 0 Å². The number of rotatable bonds is 5. The summed E-state index contributed by atoms with van der Waals surface area (Å²) in [7, 11) is 2.19. The van der Waals surface area contributed by atoms with Crippen molar-refractivity contribution in [2.45, 2.75) is 45.8 Å². The Balaban J connectivity index is 2.08. The first kappa shape index (κ1) is 13.7. The SMILES string of the molecule is CCCn1cc(CCCN)c2cc3c(cc21)CN(C)C3. The van der Waals surface area contributed by atoms with Crippen LogP contribution >= 0.6 is 0 Å². The Morgan fingerprint density at radius 3 is 2.65 bits per heavy atom. The van der Waals surface area contributed by atoms with Gasteiger partial charge in [0.05, 0.1) is 0 Å². The Hall–Kier alpha value is -1.32. The number of hydrogen-bond donors (Lipinski definition) is 1. The molecule has 0 fully saturated rings. The van der Waals surface area contributed by atoms with Gasteiger partial charge in [-0.15, -0.1) is 0 Å². The van der Waals surface area contributed by atoms with E-state index < -0.39 is 0 Å². The van der Waals surface area contributed by atoms with Crippen molar-refractivity contribution in [3.05, 3.63) is 35.0 Å². The van der Waals surface area contributed by atoms with E-state index in [1.54, 1.807) is 0 Å². The second-order valence-corrected chi connectivity index (χ2v) is 6.05. The van der Waals surface area contributed by atoms with Crippen molar-refractivity contribution in [2.75, 3.05) is 13.6 Å². The van der Waals surface area contributed by atoms with E-state index in [2.05, 4.69) is 41.8 Å². The van der Waals surface area contributed by atoms with Crippen LogP contribution in [0.2, 0.25) is 0 Å². The summed E-state index contributed by atoms with van der Waals surface area (Å²) in [5.74, 6) is 0.